The number of hydrazine groups is 2. The number of carbonyl (C=O) groups excluding carboxylic acids is 1. The van der Waals surface area contributed by atoms with Crippen LogP contribution in [-0.4, -0.2) is 17.6 Å². The second kappa shape index (κ2) is 5.23. The van der Waals surface area contributed by atoms with Crippen molar-refractivity contribution in [3.63, 3.8) is 0 Å². The Labute approximate surface area is 109 Å². The van der Waals surface area contributed by atoms with Gasteiger partial charge in [-0.05, 0) is 12.1 Å². The fourth-order valence-corrected chi connectivity index (χ4v) is 1.92. The summed E-state index contributed by atoms with van der Waals surface area (Å²) in [5, 5.41) is 1.44. The van der Waals surface area contributed by atoms with Crippen LogP contribution in [0, 0.1) is 11.6 Å². The highest BCUT2D eigenvalue weighted by molar-refractivity contribution is 5.91. The van der Waals surface area contributed by atoms with Crippen LogP contribution in [0.1, 0.15) is 18.4 Å². The normalized spacial score (nSPS) is 16.5. The third-order valence-electron chi connectivity index (χ3n) is 2.83. The summed E-state index contributed by atoms with van der Waals surface area (Å²) in [5.74, 6) is -2.20. The van der Waals surface area contributed by atoms with Crippen molar-refractivity contribution in [2.75, 3.05) is 6.54 Å². The summed E-state index contributed by atoms with van der Waals surface area (Å²) >= 11 is 0. The number of benzene rings is 1. The lowest BCUT2D eigenvalue weighted by Gasteiger charge is -2.22. The van der Waals surface area contributed by atoms with E-state index in [1.54, 1.807) is 6.92 Å². The van der Waals surface area contributed by atoms with E-state index in [-0.39, 0.29) is 17.8 Å². The van der Waals surface area contributed by atoms with Gasteiger partial charge < -0.3 is 11.2 Å². The maximum atomic E-state index is 13.6. The Morgan fingerprint density at radius 3 is 2.58 bits per heavy atom. The van der Waals surface area contributed by atoms with E-state index in [0.29, 0.717) is 0 Å². The van der Waals surface area contributed by atoms with Gasteiger partial charge in [-0.1, -0.05) is 13.0 Å². The molecule has 102 valence electrons. The zero-order chi connectivity index (χ0) is 14.0. The van der Waals surface area contributed by atoms with Crippen molar-refractivity contribution >= 4 is 5.91 Å². The summed E-state index contributed by atoms with van der Waals surface area (Å²) in [6.45, 7) is 1.94. The van der Waals surface area contributed by atoms with Gasteiger partial charge in [0, 0.05) is 24.2 Å². The van der Waals surface area contributed by atoms with Crippen LogP contribution in [0.15, 0.2) is 30.1 Å². The smallest absolute Gasteiger partial charge is 0.267 e. The Morgan fingerprint density at radius 2 is 2.05 bits per heavy atom. The number of rotatable bonds is 4. The summed E-state index contributed by atoms with van der Waals surface area (Å²) in [7, 11) is 0. The molecule has 1 aromatic carbocycles. The molecule has 1 amide bonds. The topological polar surface area (TPSA) is 70.4 Å². The van der Waals surface area contributed by atoms with E-state index in [9.17, 15) is 13.6 Å². The van der Waals surface area contributed by atoms with Crippen molar-refractivity contribution < 1.29 is 13.6 Å². The minimum absolute atomic E-state index is 0.0126. The molecule has 1 aliphatic heterocycles. The molecule has 1 aliphatic rings. The molecule has 0 bridgehead atoms. The van der Waals surface area contributed by atoms with E-state index in [2.05, 4.69) is 10.9 Å². The summed E-state index contributed by atoms with van der Waals surface area (Å²) in [6.07, 6.45) is 1.40. The number of primary amides is 1. The average Bonchev–Trinajstić information content (AvgIpc) is 2.77. The number of nitrogens with zero attached hydrogens (tertiary/aromatic N) is 1. The Kier molecular flexibility index (Phi) is 3.66. The van der Waals surface area contributed by atoms with E-state index in [4.69, 9.17) is 5.73 Å². The van der Waals surface area contributed by atoms with Crippen LogP contribution in [0.3, 0.4) is 0 Å². The van der Waals surface area contributed by atoms with E-state index >= 15 is 0 Å². The van der Waals surface area contributed by atoms with E-state index < -0.39 is 23.5 Å². The molecule has 0 aromatic heterocycles. The fraction of sp³-hybridized carbons (Fsp3) is 0.250. The number of amides is 1. The Hall–Kier alpha value is -2.15. The number of hydrogen-bond donors (Lipinski definition) is 3. The third-order valence-corrected chi connectivity index (χ3v) is 2.83. The first-order chi connectivity index (χ1) is 8.99. The minimum atomic E-state index is -0.611. The van der Waals surface area contributed by atoms with Gasteiger partial charge in [0.15, 0.2) is 0 Å². The molecule has 19 heavy (non-hydrogen) atoms. The number of halogens is 2. The first-order valence-corrected chi connectivity index (χ1v) is 5.73. The van der Waals surface area contributed by atoms with Gasteiger partial charge in [-0.2, -0.15) is 0 Å². The number of carbonyl (C=O) groups is 1. The van der Waals surface area contributed by atoms with E-state index in [1.807, 2.05) is 0 Å². The molecule has 1 unspecified atom stereocenters. The molecule has 1 aromatic rings. The highest BCUT2D eigenvalue weighted by atomic mass is 19.1. The monoisotopic (exact) mass is 268 g/mol. The molecule has 0 spiro atoms. The molecule has 5 nitrogen and oxygen atoms in total. The molecule has 0 saturated carbocycles. The number of nitrogens with one attached hydrogen (secondary N) is 2. The highest BCUT2D eigenvalue weighted by Crippen LogP contribution is 2.23. The van der Waals surface area contributed by atoms with Gasteiger partial charge in [0.1, 0.15) is 17.3 Å². The lowest BCUT2D eigenvalue weighted by molar-refractivity contribution is -0.115. The molecule has 1 heterocycles. The van der Waals surface area contributed by atoms with Crippen molar-refractivity contribution in [1.29, 1.82) is 0 Å². The summed E-state index contributed by atoms with van der Waals surface area (Å²) in [5.41, 5.74) is 10.7. The van der Waals surface area contributed by atoms with Crippen molar-refractivity contribution in [2.45, 2.75) is 12.8 Å². The largest absolute Gasteiger partial charge is 0.364 e. The van der Waals surface area contributed by atoms with Gasteiger partial charge in [-0.25, -0.2) is 8.78 Å². The maximum absolute atomic E-state index is 13.6. The van der Waals surface area contributed by atoms with Crippen molar-refractivity contribution in [3.05, 3.63) is 47.3 Å². The van der Waals surface area contributed by atoms with Crippen LogP contribution in [0.4, 0.5) is 8.78 Å². The van der Waals surface area contributed by atoms with Crippen LogP contribution in [0.25, 0.3) is 0 Å². The second-order valence-corrected chi connectivity index (χ2v) is 4.31. The predicted octanol–water partition coefficient (Wildman–Crippen LogP) is 0.720. The highest BCUT2D eigenvalue weighted by Gasteiger charge is 2.22. The number of nitrogens with two attached hydrogens (primary N) is 1. The van der Waals surface area contributed by atoms with Gasteiger partial charge in [-0.15, -0.1) is 5.12 Å². The summed E-state index contributed by atoms with van der Waals surface area (Å²) < 4.78 is 27.2. The van der Waals surface area contributed by atoms with E-state index in [0.717, 1.165) is 0 Å². The van der Waals surface area contributed by atoms with Crippen LogP contribution in [-0.2, 0) is 4.79 Å². The minimum Gasteiger partial charge on any atom is -0.364 e. The molecule has 4 N–H and O–H groups in total. The van der Waals surface area contributed by atoms with Crippen LogP contribution >= 0.6 is 0 Å². The van der Waals surface area contributed by atoms with Crippen LogP contribution in [0.2, 0.25) is 0 Å². The molecule has 0 saturated heterocycles. The van der Waals surface area contributed by atoms with Crippen LogP contribution in [0.5, 0.6) is 0 Å². The van der Waals surface area contributed by atoms with Crippen LogP contribution < -0.4 is 16.6 Å². The maximum Gasteiger partial charge on any atom is 0.267 e. The first kappa shape index (κ1) is 13.3. The van der Waals surface area contributed by atoms with Gasteiger partial charge in [0.2, 0.25) is 0 Å². The third kappa shape index (κ3) is 2.82. The molecular formula is C12H14F2N4O. The second-order valence-electron chi connectivity index (χ2n) is 4.31. The van der Waals surface area contributed by atoms with Crippen molar-refractivity contribution in [2.24, 2.45) is 5.73 Å². The predicted molar refractivity (Wildman–Crippen MR) is 65.0 cm³/mol. The zero-order valence-electron chi connectivity index (χ0n) is 10.3. The molecular weight excluding hydrogens is 254 g/mol. The first-order valence-electron chi connectivity index (χ1n) is 5.73. The Balaban J connectivity index is 2.03. The Bertz CT molecular complexity index is 512. The fourth-order valence-electron chi connectivity index (χ4n) is 1.92. The molecule has 0 radical (unpaired) electrons. The average molecular weight is 268 g/mol. The molecule has 0 aliphatic carbocycles. The summed E-state index contributed by atoms with van der Waals surface area (Å²) in [4.78, 5) is 10.9. The van der Waals surface area contributed by atoms with Crippen molar-refractivity contribution in [1.82, 2.24) is 16.0 Å². The number of hydrogen-bond acceptors (Lipinski definition) is 4. The standard InChI is InChI=1S/C12H14F2N4O/c1-7(11-8(13)3-2-4-9(11)14)6-18-16-5-10(17-18)12(15)19/h2-5,7,16-17H,6H2,1H3,(H2,15,19). The molecule has 2 rings (SSSR count). The Morgan fingerprint density at radius 1 is 1.42 bits per heavy atom. The molecule has 7 heteroatoms. The molecule has 0 fully saturated rings. The van der Waals surface area contributed by atoms with Gasteiger partial charge >= 0.3 is 0 Å². The molecule has 1 atom stereocenters. The zero-order valence-corrected chi connectivity index (χ0v) is 10.3. The lowest BCUT2D eigenvalue weighted by atomic mass is 10.00. The van der Waals surface area contributed by atoms with Gasteiger partial charge in [-0.3, -0.25) is 10.2 Å². The van der Waals surface area contributed by atoms with E-state index in [1.165, 1.54) is 29.5 Å². The SMILES string of the molecule is CC(CN1NC=C(C(N)=O)N1)c1c(F)cccc1F. The van der Waals surface area contributed by atoms with Gasteiger partial charge in [0.25, 0.3) is 5.91 Å². The van der Waals surface area contributed by atoms with Gasteiger partial charge in [0.05, 0.1) is 0 Å². The summed E-state index contributed by atoms with van der Waals surface area (Å²) in [6, 6.07) is 3.75. The quantitative estimate of drug-likeness (QED) is 0.752. The lowest BCUT2D eigenvalue weighted by Crippen LogP contribution is -2.43. The van der Waals surface area contributed by atoms with Crippen molar-refractivity contribution in [3.8, 4) is 0 Å².